The number of carbonyl (C=O) groups excluding carboxylic acids is 2. The molecule has 22 heavy (non-hydrogen) atoms. The van der Waals surface area contributed by atoms with Crippen molar-refractivity contribution in [3.63, 3.8) is 0 Å². The molecule has 1 saturated heterocycles. The van der Waals surface area contributed by atoms with E-state index in [2.05, 4.69) is 5.32 Å². The van der Waals surface area contributed by atoms with Crippen LogP contribution >= 0.6 is 0 Å². The highest BCUT2D eigenvalue weighted by Gasteiger charge is 2.34. The van der Waals surface area contributed by atoms with Gasteiger partial charge in [0.25, 0.3) is 0 Å². The van der Waals surface area contributed by atoms with E-state index in [0.717, 1.165) is 44.3 Å². The lowest BCUT2D eigenvalue weighted by Gasteiger charge is -2.32. The largest absolute Gasteiger partial charge is 0.350 e. The van der Waals surface area contributed by atoms with E-state index in [4.69, 9.17) is 0 Å². The Morgan fingerprint density at radius 3 is 2.36 bits per heavy atom. The van der Waals surface area contributed by atoms with Gasteiger partial charge in [-0.15, -0.1) is 0 Å². The maximum atomic E-state index is 12.0. The fourth-order valence-corrected chi connectivity index (χ4v) is 2.82. The Balaban J connectivity index is 1.43. The van der Waals surface area contributed by atoms with E-state index in [-0.39, 0.29) is 11.9 Å². The van der Waals surface area contributed by atoms with E-state index in [1.807, 2.05) is 41.3 Å². The molecule has 116 valence electrons. The van der Waals surface area contributed by atoms with E-state index in [1.165, 1.54) is 0 Å². The summed E-state index contributed by atoms with van der Waals surface area (Å²) in [7, 11) is 0. The molecule has 2 fully saturated rings. The van der Waals surface area contributed by atoms with Gasteiger partial charge < -0.3 is 10.2 Å². The summed E-state index contributed by atoms with van der Waals surface area (Å²) in [5.41, 5.74) is 1.02. The Labute approximate surface area is 131 Å². The Morgan fingerprint density at radius 2 is 1.73 bits per heavy atom. The highest BCUT2D eigenvalue weighted by atomic mass is 16.2. The van der Waals surface area contributed by atoms with Crippen molar-refractivity contribution in [2.24, 2.45) is 5.92 Å². The molecule has 1 saturated carbocycles. The number of carbonyl (C=O) groups is 2. The van der Waals surface area contributed by atoms with Crippen LogP contribution in [0.25, 0.3) is 6.08 Å². The number of nitrogens with zero attached hydrogens (tertiary/aromatic N) is 1. The molecule has 2 aliphatic rings. The predicted octanol–water partition coefficient (Wildman–Crippen LogP) is 2.22. The SMILES string of the molecule is O=C(C=Cc1ccccc1)NC1CCN(C(=O)C2CC2)CC1. The van der Waals surface area contributed by atoms with Gasteiger partial charge in [-0.3, -0.25) is 9.59 Å². The van der Waals surface area contributed by atoms with Crippen LogP contribution in [-0.4, -0.2) is 35.8 Å². The number of nitrogens with one attached hydrogen (secondary N) is 1. The van der Waals surface area contributed by atoms with Gasteiger partial charge in [0.15, 0.2) is 0 Å². The first-order valence-corrected chi connectivity index (χ1v) is 8.05. The van der Waals surface area contributed by atoms with Crippen LogP contribution < -0.4 is 5.32 Å². The average Bonchev–Trinajstić information content (AvgIpc) is 3.39. The van der Waals surface area contributed by atoms with E-state index < -0.39 is 0 Å². The highest BCUT2D eigenvalue weighted by Crippen LogP contribution is 2.31. The van der Waals surface area contributed by atoms with E-state index in [1.54, 1.807) is 6.08 Å². The summed E-state index contributed by atoms with van der Waals surface area (Å²) in [6, 6.07) is 9.95. The third-order valence-electron chi connectivity index (χ3n) is 4.31. The third kappa shape index (κ3) is 3.97. The van der Waals surface area contributed by atoms with Gasteiger partial charge in [-0.25, -0.2) is 0 Å². The molecule has 1 aromatic rings. The van der Waals surface area contributed by atoms with Crippen molar-refractivity contribution in [1.29, 1.82) is 0 Å². The van der Waals surface area contributed by atoms with Crippen LogP contribution in [0.2, 0.25) is 0 Å². The van der Waals surface area contributed by atoms with Crippen LogP contribution in [0.1, 0.15) is 31.2 Å². The number of piperidine rings is 1. The van der Waals surface area contributed by atoms with Gasteiger partial charge in [0.1, 0.15) is 0 Å². The normalized spacial score (nSPS) is 19.4. The van der Waals surface area contributed by atoms with Crippen molar-refractivity contribution in [2.45, 2.75) is 31.7 Å². The van der Waals surface area contributed by atoms with E-state index in [0.29, 0.717) is 11.8 Å². The minimum absolute atomic E-state index is 0.0594. The van der Waals surface area contributed by atoms with Crippen LogP contribution in [0.5, 0.6) is 0 Å². The molecule has 3 rings (SSSR count). The van der Waals surface area contributed by atoms with Gasteiger partial charge in [0, 0.05) is 31.1 Å². The minimum atomic E-state index is -0.0594. The standard InChI is InChI=1S/C18H22N2O2/c21-17(9-6-14-4-2-1-3-5-14)19-16-10-12-20(13-11-16)18(22)15-7-8-15/h1-6,9,15-16H,7-8,10-13H2,(H,19,21). The molecule has 1 aliphatic carbocycles. The minimum Gasteiger partial charge on any atom is -0.350 e. The summed E-state index contributed by atoms with van der Waals surface area (Å²) >= 11 is 0. The Hall–Kier alpha value is -2.10. The first-order chi connectivity index (χ1) is 10.7. The fourth-order valence-electron chi connectivity index (χ4n) is 2.82. The van der Waals surface area contributed by atoms with Crippen LogP contribution in [0.15, 0.2) is 36.4 Å². The van der Waals surface area contributed by atoms with Crippen LogP contribution in [0.4, 0.5) is 0 Å². The zero-order valence-electron chi connectivity index (χ0n) is 12.7. The lowest BCUT2D eigenvalue weighted by atomic mass is 10.0. The molecule has 1 heterocycles. The van der Waals surface area contributed by atoms with E-state index >= 15 is 0 Å². The molecular weight excluding hydrogens is 276 g/mol. The fraction of sp³-hybridized carbons (Fsp3) is 0.444. The highest BCUT2D eigenvalue weighted by molar-refractivity contribution is 5.91. The van der Waals surface area contributed by atoms with Crippen LogP contribution in [0, 0.1) is 5.92 Å². The van der Waals surface area contributed by atoms with Crippen molar-refractivity contribution in [3.8, 4) is 0 Å². The number of hydrogen-bond acceptors (Lipinski definition) is 2. The van der Waals surface area contributed by atoms with Gasteiger partial charge in [0.2, 0.25) is 11.8 Å². The second kappa shape index (κ2) is 6.77. The summed E-state index contributed by atoms with van der Waals surface area (Å²) in [5.74, 6) is 0.546. The molecule has 1 N–H and O–H groups in total. The number of likely N-dealkylation sites (tertiary alicyclic amines) is 1. The summed E-state index contributed by atoms with van der Waals surface area (Å²) in [6.45, 7) is 1.53. The zero-order valence-corrected chi connectivity index (χ0v) is 12.7. The summed E-state index contributed by atoms with van der Waals surface area (Å²) in [6.07, 6.45) is 7.21. The quantitative estimate of drug-likeness (QED) is 0.867. The van der Waals surface area contributed by atoms with Gasteiger partial charge >= 0.3 is 0 Å². The van der Waals surface area contributed by atoms with Crippen molar-refractivity contribution >= 4 is 17.9 Å². The molecule has 4 heteroatoms. The van der Waals surface area contributed by atoms with Crippen molar-refractivity contribution in [1.82, 2.24) is 10.2 Å². The number of benzene rings is 1. The van der Waals surface area contributed by atoms with Crippen molar-refractivity contribution < 1.29 is 9.59 Å². The van der Waals surface area contributed by atoms with Crippen LogP contribution in [0.3, 0.4) is 0 Å². The third-order valence-corrected chi connectivity index (χ3v) is 4.31. The molecule has 4 nitrogen and oxygen atoms in total. The number of hydrogen-bond donors (Lipinski definition) is 1. The molecule has 1 aromatic carbocycles. The lowest BCUT2D eigenvalue weighted by molar-refractivity contribution is -0.133. The van der Waals surface area contributed by atoms with Gasteiger partial charge in [-0.1, -0.05) is 30.3 Å². The smallest absolute Gasteiger partial charge is 0.244 e. The van der Waals surface area contributed by atoms with Crippen molar-refractivity contribution in [3.05, 3.63) is 42.0 Å². The second-order valence-electron chi connectivity index (χ2n) is 6.13. The molecule has 0 bridgehead atoms. The first kappa shape index (κ1) is 14.8. The molecule has 1 aliphatic heterocycles. The maximum Gasteiger partial charge on any atom is 0.244 e. The molecule has 0 atom stereocenters. The topological polar surface area (TPSA) is 49.4 Å². The number of rotatable bonds is 4. The zero-order chi connectivity index (χ0) is 15.4. The van der Waals surface area contributed by atoms with Gasteiger partial charge in [-0.2, -0.15) is 0 Å². The predicted molar refractivity (Wildman–Crippen MR) is 85.9 cm³/mol. The molecule has 0 spiro atoms. The maximum absolute atomic E-state index is 12.0. The Bertz CT molecular complexity index is 556. The lowest BCUT2D eigenvalue weighted by Crippen LogP contribution is -2.46. The molecule has 0 radical (unpaired) electrons. The van der Waals surface area contributed by atoms with E-state index in [9.17, 15) is 9.59 Å². The van der Waals surface area contributed by atoms with Crippen molar-refractivity contribution in [2.75, 3.05) is 13.1 Å². The first-order valence-electron chi connectivity index (χ1n) is 8.05. The number of amides is 2. The summed E-state index contributed by atoms with van der Waals surface area (Å²) in [5, 5.41) is 3.03. The summed E-state index contributed by atoms with van der Waals surface area (Å²) in [4.78, 5) is 25.9. The molecule has 0 unspecified atom stereocenters. The summed E-state index contributed by atoms with van der Waals surface area (Å²) < 4.78 is 0. The Morgan fingerprint density at radius 1 is 1.05 bits per heavy atom. The van der Waals surface area contributed by atoms with Gasteiger partial charge in [0.05, 0.1) is 0 Å². The molecule has 2 amide bonds. The Kier molecular flexibility index (Phi) is 4.56. The molecular formula is C18H22N2O2. The van der Waals surface area contributed by atoms with Gasteiger partial charge in [-0.05, 0) is 37.3 Å². The monoisotopic (exact) mass is 298 g/mol. The average molecular weight is 298 g/mol. The van der Waals surface area contributed by atoms with Crippen LogP contribution in [-0.2, 0) is 9.59 Å². The molecule has 0 aromatic heterocycles. The second-order valence-corrected chi connectivity index (χ2v) is 6.13.